The largest absolute Gasteiger partial charge is 0.494 e. The Bertz CT molecular complexity index is 1350. The fraction of sp³-hybridized carbons (Fsp3) is 0.379. The second kappa shape index (κ2) is 13.0. The first-order valence-electron chi connectivity index (χ1n) is 13.1. The molecule has 1 aromatic heterocycles. The number of aromatic nitrogens is 2. The van der Waals surface area contributed by atoms with Crippen molar-refractivity contribution in [2.75, 3.05) is 24.7 Å². The first-order valence-corrected chi connectivity index (χ1v) is 13.1. The van der Waals surface area contributed by atoms with Crippen LogP contribution in [0, 0.1) is 0 Å². The van der Waals surface area contributed by atoms with Gasteiger partial charge < -0.3 is 14.7 Å². The maximum absolute atomic E-state index is 13.3. The standard InChI is InChI=1S/C29H33N3O6/c33-20-8-3-1-2-4-9-21-38-24-14-12-23(13-15-24)30-18-16-25(28(30)36)31-19-17-26(34)32(29(31)37)27(35)22-10-6-5-7-11-22/h5-7,10-15,17,19,25,33H,1-4,8-9,16,18,20-21H2. The molecule has 1 saturated heterocycles. The molecule has 2 heterocycles. The van der Waals surface area contributed by atoms with E-state index in [1.165, 1.54) is 22.9 Å². The summed E-state index contributed by atoms with van der Waals surface area (Å²) >= 11 is 0. The molecule has 9 heteroatoms. The van der Waals surface area contributed by atoms with Crippen molar-refractivity contribution >= 4 is 17.5 Å². The minimum absolute atomic E-state index is 0.212. The van der Waals surface area contributed by atoms with Gasteiger partial charge in [-0.15, -0.1) is 0 Å². The van der Waals surface area contributed by atoms with E-state index in [1.807, 2.05) is 24.3 Å². The van der Waals surface area contributed by atoms with Crippen molar-refractivity contribution in [1.82, 2.24) is 9.13 Å². The highest BCUT2D eigenvalue weighted by Gasteiger charge is 2.35. The van der Waals surface area contributed by atoms with Gasteiger partial charge in [0.1, 0.15) is 11.8 Å². The summed E-state index contributed by atoms with van der Waals surface area (Å²) in [5, 5.41) is 8.81. The molecule has 0 bridgehead atoms. The molecular formula is C29H33N3O6. The molecule has 3 aromatic rings. The van der Waals surface area contributed by atoms with Gasteiger partial charge in [0, 0.05) is 36.7 Å². The molecule has 0 radical (unpaired) electrons. The van der Waals surface area contributed by atoms with Gasteiger partial charge in [0.15, 0.2) is 0 Å². The van der Waals surface area contributed by atoms with Gasteiger partial charge in [0.25, 0.3) is 11.5 Å². The molecule has 1 N–H and O–H groups in total. The highest BCUT2D eigenvalue weighted by molar-refractivity contribution is 5.98. The number of rotatable bonds is 12. The molecule has 4 rings (SSSR count). The summed E-state index contributed by atoms with van der Waals surface area (Å²) in [6, 6.07) is 15.7. The number of benzene rings is 2. The molecule has 0 aliphatic carbocycles. The summed E-state index contributed by atoms with van der Waals surface area (Å²) in [6.45, 7) is 1.27. The third kappa shape index (κ3) is 6.28. The van der Waals surface area contributed by atoms with Crippen molar-refractivity contribution in [3.05, 3.63) is 93.3 Å². The highest BCUT2D eigenvalue weighted by atomic mass is 16.5. The van der Waals surface area contributed by atoms with Gasteiger partial charge in [0.2, 0.25) is 5.91 Å². The summed E-state index contributed by atoms with van der Waals surface area (Å²) in [7, 11) is 0. The second-order valence-electron chi connectivity index (χ2n) is 9.33. The smallest absolute Gasteiger partial charge is 0.338 e. The number of unbranched alkanes of at least 4 members (excludes halogenated alkanes) is 5. The number of carbonyl (C=O) groups excluding carboxylic acids is 2. The van der Waals surface area contributed by atoms with Crippen molar-refractivity contribution in [2.45, 2.75) is 51.0 Å². The van der Waals surface area contributed by atoms with Crippen molar-refractivity contribution in [3.63, 3.8) is 0 Å². The molecule has 1 aliphatic rings. The number of nitrogens with zero attached hydrogens (tertiary/aromatic N) is 3. The molecule has 1 amide bonds. The van der Waals surface area contributed by atoms with Crippen LogP contribution in [0.25, 0.3) is 0 Å². The Kier molecular flexibility index (Phi) is 9.26. The molecule has 9 nitrogen and oxygen atoms in total. The number of carbonyl (C=O) groups is 2. The Balaban J connectivity index is 1.38. The van der Waals surface area contributed by atoms with Crippen LogP contribution in [0.4, 0.5) is 5.69 Å². The Hall–Kier alpha value is -3.98. The van der Waals surface area contributed by atoms with Gasteiger partial charge in [0.05, 0.1) is 6.61 Å². The summed E-state index contributed by atoms with van der Waals surface area (Å²) in [6.07, 6.45) is 7.85. The number of aliphatic hydroxyl groups excluding tert-OH is 1. The topological polar surface area (TPSA) is 111 Å². The zero-order chi connectivity index (χ0) is 26.9. The Morgan fingerprint density at radius 1 is 0.868 bits per heavy atom. The third-order valence-corrected chi connectivity index (χ3v) is 6.72. The van der Waals surface area contributed by atoms with E-state index in [0.29, 0.717) is 29.8 Å². The van der Waals surface area contributed by atoms with Crippen LogP contribution in [0.15, 0.2) is 76.4 Å². The zero-order valence-electron chi connectivity index (χ0n) is 21.3. The van der Waals surface area contributed by atoms with Crippen LogP contribution in [-0.2, 0) is 4.79 Å². The van der Waals surface area contributed by atoms with Crippen LogP contribution in [0.1, 0.15) is 61.3 Å². The van der Waals surface area contributed by atoms with Crippen molar-refractivity contribution in [3.8, 4) is 5.75 Å². The fourth-order valence-corrected chi connectivity index (χ4v) is 4.64. The van der Waals surface area contributed by atoms with Crippen LogP contribution >= 0.6 is 0 Å². The van der Waals surface area contributed by atoms with Crippen LogP contribution in [-0.4, -0.2) is 45.8 Å². The minimum Gasteiger partial charge on any atom is -0.494 e. The first-order chi connectivity index (χ1) is 18.5. The van der Waals surface area contributed by atoms with E-state index >= 15 is 0 Å². The number of anilines is 1. The van der Waals surface area contributed by atoms with Crippen LogP contribution in [0.5, 0.6) is 5.75 Å². The number of aliphatic hydroxyl groups is 1. The van der Waals surface area contributed by atoms with Crippen LogP contribution < -0.4 is 20.9 Å². The molecule has 38 heavy (non-hydrogen) atoms. The van der Waals surface area contributed by atoms with E-state index in [9.17, 15) is 19.2 Å². The normalized spacial score (nSPS) is 15.1. The highest BCUT2D eigenvalue weighted by Crippen LogP contribution is 2.29. The van der Waals surface area contributed by atoms with Crippen LogP contribution in [0.2, 0.25) is 0 Å². The monoisotopic (exact) mass is 519 g/mol. The maximum Gasteiger partial charge on any atom is 0.338 e. The van der Waals surface area contributed by atoms with Crippen LogP contribution in [0.3, 0.4) is 0 Å². The molecular weight excluding hydrogens is 486 g/mol. The summed E-state index contributed by atoms with van der Waals surface area (Å²) in [5.74, 6) is -0.284. The minimum atomic E-state index is -0.830. The lowest BCUT2D eigenvalue weighted by Crippen LogP contribution is -2.45. The van der Waals surface area contributed by atoms with Gasteiger partial charge in [-0.3, -0.25) is 19.0 Å². The van der Waals surface area contributed by atoms with Crippen molar-refractivity contribution in [2.24, 2.45) is 0 Å². The van der Waals surface area contributed by atoms with E-state index < -0.39 is 23.2 Å². The molecule has 2 aromatic carbocycles. The average molecular weight is 520 g/mol. The SMILES string of the molecule is O=C1C(n2ccc(=O)n(C(=O)c3ccccc3)c2=O)CCN1c1ccc(OCCCCCCCCO)cc1. The van der Waals surface area contributed by atoms with Crippen molar-refractivity contribution < 1.29 is 19.4 Å². The Morgan fingerprint density at radius 3 is 2.26 bits per heavy atom. The lowest BCUT2D eigenvalue weighted by molar-refractivity contribution is -0.119. The molecule has 0 saturated carbocycles. The lowest BCUT2D eigenvalue weighted by atomic mass is 10.1. The summed E-state index contributed by atoms with van der Waals surface area (Å²) in [5.41, 5.74) is -0.664. The first kappa shape index (κ1) is 27.1. The van der Waals surface area contributed by atoms with E-state index in [-0.39, 0.29) is 18.1 Å². The molecule has 1 atom stereocenters. The maximum atomic E-state index is 13.3. The predicted molar refractivity (Wildman–Crippen MR) is 144 cm³/mol. The summed E-state index contributed by atoms with van der Waals surface area (Å²) < 4.78 is 7.56. The predicted octanol–water partition coefficient (Wildman–Crippen LogP) is 3.39. The number of hydrogen-bond donors (Lipinski definition) is 1. The molecule has 1 aliphatic heterocycles. The van der Waals surface area contributed by atoms with E-state index in [4.69, 9.17) is 9.84 Å². The van der Waals surface area contributed by atoms with E-state index in [0.717, 1.165) is 50.3 Å². The van der Waals surface area contributed by atoms with Gasteiger partial charge in [-0.25, -0.2) is 4.79 Å². The Morgan fingerprint density at radius 2 is 1.55 bits per heavy atom. The van der Waals surface area contributed by atoms with E-state index in [1.54, 1.807) is 23.1 Å². The van der Waals surface area contributed by atoms with Gasteiger partial charge in [-0.1, -0.05) is 43.9 Å². The quantitative estimate of drug-likeness (QED) is 0.367. The molecule has 0 spiro atoms. The number of amides is 1. The fourth-order valence-electron chi connectivity index (χ4n) is 4.64. The molecule has 1 unspecified atom stereocenters. The van der Waals surface area contributed by atoms with E-state index in [2.05, 4.69) is 0 Å². The third-order valence-electron chi connectivity index (χ3n) is 6.72. The van der Waals surface area contributed by atoms with Crippen molar-refractivity contribution in [1.29, 1.82) is 0 Å². The average Bonchev–Trinajstić information content (AvgIpc) is 3.32. The van der Waals surface area contributed by atoms with Gasteiger partial charge >= 0.3 is 5.69 Å². The molecule has 1 fully saturated rings. The Labute approximate surface area is 220 Å². The lowest BCUT2D eigenvalue weighted by Gasteiger charge is -2.18. The molecule has 200 valence electrons. The second-order valence-corrected chi connectivity index (χ2v) is 9.33. The summed E-state index contributed by atoms with van der Waals surface area (Å²) in [4.78, 5) is 53.3. The van der Waals surface area contributed by atoms with Gasteiger partial charge in [-0.05, 0) is 55.7 Å². The van der Waals surface area contributed by atoms with Gasteiger partial charge in [-0.2, -0.15) is 4.57 Å². The number of hydrogen-bond acceptors (Lipinski definition) is 6. The zero-order valence-corrected chi connectivity index (χ0v) is 21.3. The number of ether oxygens (including phenoxy) is 1.